The van der Waals surface area contributed by atoms with E-state index in [1.165, 1.54) is 5.56 Å². The van der Waals surface area contributed by atoms with Crippen molar-refractivity contribution < 1.29 is 9.59 Å². The van der Waals surface area contributed by atoms with E-state index in [2.05, 4.69) is 36.9 Å². The first kappa shape index (κ1) is 20.2. The number of amides is 2. The lowest BCUT2D eigenvalue weighted by molar-refractivity contribution is -0.126. The minimum absolute atomic E-state index is 0.0352. The number of hydrogen-bond acceptors (Lipinski definition) is 3. The maximum atomic E-state index is 12.3. The molecule has 1 aromatic carbocycles. The summed E-state index contributed by atoms with van der Waals surface area (Å²) in [5, 5.41) is 3.43. The van der Waals surface area contributed by atoms with Gasteiger partial charge in [0.15, 0.2) is 5.11 Å². The summed E-state index contributed by atoms with van der Waals surface area (Å²) < 4.78 is 0. The molecule has 0 spiro atoms. The van der Waals surface area contributed by atoms with Gasteiger partial charge in [0, 0.05) is 25.2 Å². The molecule has 0 unspecified atom stereocenters. The molecular formula is C19H28N4O2S. The number of nitrogens with zero attached hydrogens (tertiary/aromatic N) is 1. The fraction of sp³-hybridized carbons (Fsp3) is 0.526. The van der Waals surface area contributed by atoms with Crippen molar-refractivity contribution in [3.63, 3.8) is 0 Å². The van der Waals surface area contributed by atoms with Gasteiger partial charge in [-0.05, 0) is 48.7 Å². The smallest absolute Gasteiger partial charge is 0.243 e. The second-order valence-corrected chi connectivity index (χ2v) is 7.39. The number of rotatable bonds is 6. The number of hydrogen-bond donors (Lipinski definition) is 3. The first-order chi connectivity index (χ1) is 12.4. The molecule has 0 bridgehead atoms. The number of carbonyl (C=O) groups excluding carboxylic acids is 2. The zero-order valence-electron chi connectivity index (χ0n) is 15.7. The van der Waals surface area contributed by atoms with Crippen LogP contribution in [-0.4, -0.2) is 30.0 Å². The number of anilines is 1. The average Bonchev–Trinajstić information content (AvgIpc) is 3.01. The van der Waals surface area contributed by atoms with Gasteiger partial charge in [-0.25, -0.2) is 0 Å². The summed E-state index contributed by atoms with van der Waals surface area (Å²) in [5.41, 5.74) is 7.36. The van der Waals surface area contributed by atoms with Crippen molar-refractivity contribution >= 4 is 34.8 Å². The fourth-order valence-corrected chi connectivity index (χ4v) is 2.94. The number of carbonyl (C=O) groups is 2. The molecule has 26 heavy (non-hydrogen) atoms. The molecule has 0 aromatic heterocycles. The van der Waals surface area contributed by atoms with E-state index < -0.39 is 0 Å². The van der Waals surface area contributed by atoms with Gasteiger partial charge in [0.05, 0.1) is 5.92 Å². The van der Waals surface area contributed by atoms with E-state index in [0.717, 1.165) is 25.1 Å². The molecule has 7 heteroatoms. The van der Waals surface area contributed by atoms with E-state index in [9.17, 15) is 9.59 Å². The van der Waals surface area contributed by atoms with Crippen molar-refractivity contribution in [3.05, 3.63) is 29.8 Å². The summed E-state index contributed by atoms with van der Waals surface area (Å²) in [5.74, 6) is -0.0628. The Morgan fingerprint density at radius 3 is 2.58 bits per heavy atom. The maximum Gasteiger partial charge on any atom is 0.243 e. The van der Waals surface area contributed by atoms with Gasteiger partial charge in [-0.15, -0.1) is 0 Å². The Morgan fingerprint density at radius 1 is 1.27 bits per heavy atom. The normalized spacial score (nSPS) is 16.7. The predicted molar refractivity (Wildman–Crippen MR) is 108 cm³/mol. The number of thiocarbonyl (C=S) groups is 1. The minimum atomic E-state index is -0.390. The molecule has 0 radical (unpaired) electrons. The van der Waals surface area contributed by atoms with E-state index in [1.807, 2.05) is 24.3 Å². The van der Waals surface area contributed by atoms with E-state index in [4.69, 9.17) is 12.2 Å². The van der Waals surface area contributed by atoms with E-state index >= 15 is 0 Å². The molecule has 2 rings (SSSR count). The summed E-state index contributed by atoms with van der Waals surface area (Å²) >= 11 is 5.13. The van der Waals surface area contributed by atoms with Crippen molar-refractivity contribution in [3.8, 4) is 0 Å². The quantitative estimate of drug-likeness (QED) is 0.524. The van der Waals surface area contributed by atoms with Crippen LogP contribution >= 0.6 is 12.2 Å². The standard InChI is InChI=1S/C19H28N4O2S/c1-4-14-5-7-16(8-6-14)23-12-15(11-17(23)24)18(25)21-22-19(26)20-10-9-13(2)3/h5-8,13,15H,4,9-12H2,1-3H3,(H,21,25)(H2,20,22,26)/t15-/m0/s1. The minimum Gasteiger partial charge on any atom is -0.361 e. The molecular weight excluding hydrogens is 348 g/mol. The first-order valence-electron chi connectivity index (χ1n) is 9.13. The van der Waals surface area contributed by atoms with Crippen LogP contribution in [0.25, 0.3) is 0 Å². The van der Waals surface area contributed by atoms with Gasteiger partial charge in [0.2, 0.25) is 11.8 Å². The van der Waals surface area contributed by atoms with Crippen LogP contribution in [-0.2, 0) is 16.0 Å². The van der Waals surface area contributed by atoms with E-state index in [1.54, 1.807) is 4.90 Å². The Labute approximate surface area is 160 Å². The molecule has 6 nitrogen and oxygen atoms in total. The molecule has 1 aromatic rings. The van der Waals surface area contributed by atoms with Crippen LogP contribution < -0.4 is 21.1 Å². The first-order valence-corrected chi connectivity index (χ1v) is 9.54. The van der Waals surface area contributed by atoms with Gasteiger partial charge in [0.25, 0.3) is 0 Å². The molecule has 1 heterocycles. The SMILES string of the molecule is CCc1ccc(N2C[C@@H](C(=O)NNC(=S)NCCC(C)C)CC2=O)cc1. The summed E-state index contributed by atoms with van der Waals surface area (Å²) in [4.78, 5) is 26.3. The number of aryl methyl sites for hydroxylation is 1. The molecule has 1 saturated heterocycles. The van der Waals surface area contributed by atoms with Crippen molar-refractivity contribution in [2.24, 2.45) is 11.8 Å². The van der Waals surface area contributed by atoms with Crippen LogP contribution in [0.15, 0.2) is 24.3 Å². The van der Waals surface area contributed by atoms with Crippen LogP contribution in [0.2, 0.25) is 0 Å². The molecule has 1 aliphatic heterocycles. The van der Waals surface area contributed by atoms with Gasteiger partial charge in [-0.2, -0.15) is 0 Å². The molecule has 1 atom stereocenters. The topological polar surface area (TPSA) is 73.5 Å². The molecule has 1 aliphatic rings. The Hall–Kier alpha value is -2.15. The number of nitrogens with one attached hydrogen (secondary N) is 3. The third kappa shape index (κ3) is 5.69. The summed E-state index contributed by atoms with van der Waals surface area (Å²) in [6.45, 7) is 7.50. The van der Waals surface area contributed by atoms with Crippen LogP contribution in [0, 0.1) is 11.8 Å². The molecule has 1 fully saturated rings. The highest BCUT2D eigenvalue weighted by molar-refractivity contribution is 7.80. The molecule has 0 saturated carbocycles. The third-order valence-electron chi connectivity index (χ3n) is 4.46. The van der Waals surface area contributed by atoms with E-state index in [0.29, 0.717) is 17.6 Å². The predicted octanol–water partition coefficient (Wildman–Crippen LogP) is 2.14. The third-order valence-corrected chi connectivity index (χ3v) is 4.70. The largest absolute Gasteiger partial charge is 0.361 e. The molecule has 2 amide bonds. The number of benzene rings is 1. The zero-order valence-corrected chi connectivity index (χ0v) is 16.5. The fourth-order valence-electron chi connectivity index (χ4n) is 2.78. The van der Waals surface area contributed by atoms with Crippen LogP contribution in [0.1, 0.15) is 39.2 Å². The lowest BCUT2D eigenvalue weighted by Gasteiger charge is -2.17. The lowest BCUT2D eigenvalue weighted by Crippen LogP contribution is -2.49. The van der Waals surface area contributed by atoms with Crippen molar-refractivity contribution in [2.45, 2.75) is 40.0 Å². The lowest BCUT2D eigenvalue weighted by atomic mass is 10.1. The molecule has 142 valence electrons. The van der Waals surface area contributed by atoms with Gasteiger partial charge in [0.1, 0.15) is 0 Å². The highest BCUT2D eigenvalue weighted by Crippen LogP contribution is 2.25. The van der Waals surface area contributed by atoms with Gasteiger partial charge >= 0.3 is 0 Å². The van der Waals surface area contributed by atoms with Crippen molar-refractivity contribution in [2.75, 3.05) is 18.0 Å². The highest BCUT2D eigenvalue weighted by Gasteiger charge is 2.35. The zero-order chi connectivity index (χ0) is 19.1. The second-order valence-electron chi connectivity index (χ2n) is 6.98. The average molecular weight is 377 g/mol. The Kier molecular flexibility index (Phi) is 7.38. The Balaban J connectivity index is 1.81. The highest BCUT2D eigenvalue weighted by atomic mass is 32.1. The summed E-state index contributed by atoms with van der Waals surface area (Å²) in [6.07, 6.45) is 2.16. The van der Waals surface area contributed by atoms with E-state index in [-0.39, 0.29) is 24.2 Å². The monoisotopic (exact) mass is 376 g/mol. The van der Waals surface area contributed by atoms with Gasteiger partial charge in [-0.3, -0.25) is 20.4 Å². The Bertz CT molecular complexity index is 645. The summed E-state index contributed by atoms with van der Waals surface area (Å²) in [7, 11) is 0. The van der Waals surface area contributed by atoms with Gasteiger partial charge < -0.3 is 10.2 Å². The van der Waals surface area contributed by atoms with Crippen molar-refractivity contribution in [1.82, 2.24) is 16.2 Å². The van der Waals surface area contributed by atoms with Crippen LogP contribution in [0.3, 0.4) is 0 Å². The molecule has 3 N–H and O–H groups in total. The Morgan fingerprint density at radius 2 is 1.96 bits per heavy atom. The van der Waals surface area contributed by atoms with Crippen molar-refractivity contribution in [1.29, 1.82) is 0 Å². The van der Waals surface area contributed by atoms with Crippen LogP contribution in [0.4, 0.5) is 5.69 Å². The van der Waals surface area contributed by atoms with Gasteiger partial charge in [-0.1, -0.05) is 32.9 Å². The second kappa shape index (κ2) is 9.52. The maximum absolute atomic E-state index is 12.3. The van der Waals surface area contributed by atoms with Crippen LogP contribution in [0.5, 0.6) is 0 Å². The molecule has 0 aliphatic carbocycles. The summed E-state index contributed by atoms with van der Waals surface area (Å²) in [6, 6.07) is 7.89. The number of hydrazine groups is 1.